The molecule has 0 fully saturated rings. The molecule has 0 aromatic heterocycles. The van der Waals surface area contributed by atoms with Gasteiger partial charge < -0.3 is 10.0 Å². The van der Waals surface area contributed by atoms with E-state index in [1.807, 2.05) is 37.4 Å². The maximum Gasteiger partial charge on any atom is 0.123 e. The lowest BCUT2D eigenvalue weighted by atomic mass is 10.3. The van der Waals surface area contributed by atoms with Gasteiger partial charge in [0.2, 0.25) is 0 Å². The van der Waals surface area contributed by atoms with Gasteiger partial charge >= 0.3 is 0 Å². The Morgan fingerprint density at radius 2 is 1.82 bits per heavy atom. The number of benzene rings is 1. The Balaban J connectivity index is 2.77. The van der Waals surface area contributed by atoms with E-state index in [1.165, 1.54) is 0 Å². The van der Waals surface area contributed by atoms with Gasteiger partial charge in [0.25, 0.3) is 0 Å². The molecule has 1 atom stereocenters. The number of para-hydroxylation sites is 1. The van der Waals surface area contributed by atoms with Gasteiger partial charge in [-0.05, 0) is 19.1 Å². The molecule has 1 unspecified atom stereocenters. The van der Waals surface area contributed by atoms with Gasteiger partial charge in [0, 0.05) is 12.7 Å². The Bertz CT molecular complexity index is 208. The molecule has 1 aromatic carbocycles. The van der Waals surface area contributed by atoms with E-state index in [-0.39, 0.29) is 0 Å². The van der Waals surface area contributed by atoms with E-state index in [2.05, 4.69) is 0 Å². The minimum absolute atomic E-state index is 0.433. The van der Waals surface area contributed by atoms with E-state index >= 15 is 0 Å². The molecule has 0 saturated carbocycles. The van der Waals surface area contributed by atoms with Gasteiger partial charge in [-0.15, -0.1) is 0 Å². The van der Waals surface area contributed by atoms with Crippen LogP contribution in [0, 0.1) is 0 Å². The molecule has 0 bridgehead atoms. The Hall–Kier alpha value is -1.02. The van der Waals surface area contributed by atoms with Crippen LogP contribution >= 0.6 is 0 Å². The molecule has 0 heterocycles. The third-order valence-corrected chi connectivity index (χ3v) is 1.72. The van der Waals surface area contributed by atoms with Crippen LogP contribution in [0.1, 0.15) is 6.92 Å². The predicted octanol–water partition coefficient (Wildman–Crippen LogP) is 1.46. The van der Waals surface area contributed by atoms with E-state index in [9.17, 15) is 5.11 Å². The second kappa shape index (κ2) is 3.39. The van der Waals surface area contributed by atoms with Gasteiger partial charge in [-0.1, -0.05) is 18.2 Å². The summed E-state index contributed by atoms with van der Waals surface area (Å²) in [6, 6.07) is 9.79. The summed E-state index contributed by atoms with van der Waals surface area (Å²) < 4.78 is 0. The summed E-state index contributed by atoms with van der Waals surface area (Å²) in [5, 5.41) is 9.20. The van der Waals surface area contributed by atoms with Gasteiger partial charge in [0.15, 0.2) is 0 Å². The first-order chi connectivity index (χ1) is 5.22. The molecule has 0 saturated heterocycles. The summed E-state index contributed by atoms with van der Waals surface area (Å²) in [6.07, 6.45) is -0.433. The molecule has 0 spiro atoms. The lowest BCUT2D eigenvalue weighted by molar-refractivity contribution is 0.195. The summed E-state index contributed by atoms with van der Waals surface area (Å²) in [6.45, 7) is 1.74. The number of nitrogens with zero attached hydrogens (tertiary/aromatic N) is 1. The van der Waals surface area contributed by atoms with Gasteiger partial charge in [0.05, 0.1) is 0 Å². The molecule has 1 rings (SSSR count). The van der Waals surface area contributed by atoms with Crippen LogP contribution in [0.5, 0.6) is 0 Å². The fourth-order valence-corrected chi connectivity index (χ4v) is 0.879. The second-order valence-corrected chi connectivity index (χ2v) is 2.58. The Kier molecular flexibility index (Phi) is 2.49. The zero-order valence-electron chi connectivity index (χ0n) is 6.86. The lowest BCUT2D eigenvalue weighted by Crippen LogP contribution is -2.27. The molecule has 0 aliphatic carbocycles. The van der Waals surface area contributed by atoms with Crippen molar-refractivity contribution >= 4 is 5.69 Å². The molecule has 0 amide bonds. The third kappa shape index (κ3) is 1.95. The smallest absolute Gasteiger partial charge is 0.123 e. The van der Waals surface area contributed by atoms with Gasteiger partial charge in [-0.25, -0.2) is 0 Å². The zero-order valence-corrected chi connectivity index (χ0v) is 6.86. The number of hydrogen-bond donors (Lipinski definition) is 1. The average molecular weight is 151 g/mol. The molecular weight excluding hydrogens is 138 g/mol. The molecule has 0 radical (unpaired) electrons. The second-order valence-electron chi connectivity index (χ2n) is 2.58. The summed E-state index contributed by atoms with van der Waals surface area (Å²) in [4.78, 5) is 1.81. The highest BCUT2D eigenvalue weighted by Gasteiger charge is 2.03. The highest BCUT2D eigenvalue weighted by molar-refractivity contribution is 5.45. The SMILES string of the molecule is CC(O)N(C)c1ccccc1. The Labute approximate surface area is 67.1 Å². The van der Waals surface area contributed by atoms with Crippen LogP contribution in [0.25, 0.3) is 0 Å². The van der Waals surface area contributed by atoms with Crippen molar-refractivity contribution in [2.45, 2.75) is 13.2 Å². The standard InChI is InChI=1S/C9H13NO/c1-8(11)10(2)9-6-4-3-5-7-9/h3-8,11H,1-2H3. The summed E-state index contributed by atoms with van der Waals surface area (Å²) in [7, 11) is 1.86. The molecule has 0 aliphatic rings. The quantitative estimate of drug-likeness (QED) is 0.647. The minimum Gasteiger partial charge on any atom is -0.374 e. The molecule has 60 valence electrons. The van der Waals surface area contributed by atoms with Crippen molar-refractivity contribution in [3.63, 3.8) is 0 Å². The van der Waals surface area contributed by atoms with Gasteiger partial charge in [0.1, 0.15) is 6.23 Å². The van der Waals surface area contributed by atoms with E-state index in [0.29, 0.717) is 0 Å². The first kappa shape index (κ1) is 8.08. The van der Waals surface area contributed by atoms with Gasteiger partial charge in [-0.3, -0.25) is 0 Å². The normalized spacial score (nSPS) is 12.6. The van der Waals surface area contributed by atoms with Gasteiger partial charge in [-0.2, -0.15) is 0 Å². The van der Waals surface area contributed by atoms with Crippen molar-refractivity contribution in [1.29, 1.82) is 0 Å². The molecular formula is C9H13NO. The lowest BCUT2D eigenvalue weighted by Gasteiger charge is -2.21. The number of aliphatic hydroxyl groups is 1. The topological polar surface area (TPSA) is 23.5 Å². The molecule has 0 aliphatic heterocycles. The first-order valence-electron chi connectivity index (χ1n) is 3.68. The van der Waals surface area contributed by atoms with Crippen LogP contribution in [0.4, 0.5) is 5.69 Å². The predicted molar refractivity (Wildman–Crippen MR) is 46.5 cm³/mol. The van der Waals surface area contributed by atoms with Crippen LogP contribution in [0.3, 0.4) is 0 Å². The van der Waals surface area contributed by atoms with Crippen LogP contribution in [0.15, 0.2) is 30.3 Å². The largest absolute Gasteiger partial charge is 0.374 e. The van der Waals surface area contributed by atoms with E-state index in [1.54, 1.807) is 11.8 Å². The van der Waals surface area contributed by atoms with Crippen molar-refractivity contribution in [1.82, 2.24) is 0 Å². The molecule has 2 nitrogen and oxygen atoms in total. The highest BCUT2D eigenvalue weighted by Crippen LogP contribution is 2.12. The van der Waals surface area contributed by atoms with Crippen molar-refractivity contribution in [3.05, 3.63) is 30.3 Å². The number of rotatable bonds is 2. The van der Waals surface area contributed by atoms with Crippen LogP contribution in [-0.2, 0) is 0 Å². The maximum atomic E-state index is 9.20. The van der Waals surface area contributed by atoms with Crippen LogP contribution < -0.4 is 4.90 Å². The molecule has 1 aromatic rings. The molecule has 11 heavy (non-hydrogen) atoms. The van der Waals surface area contributed by atoms with Crippen molar-refractivity contribution < 1.29 is 5.11 Å². The number of aliphatic hydroxyl groups excluding tert-OH is 1. The van der Waals surface area contributed by atoms with Crippen LogP contribution in [-0.4, -0.2) is 18.4 Å². The van der Waals surface area contributed by atoms with Crippen molar-refractivity contribution in [2.75, 3.05) is 11.9 Å². The third-order valence-electron chi connectivity index (χ3n) is 1.72. The first-order valence-corrected chi connectivity index (χ1v) is 3.68. The fraction of sp³-hybridized carbons (Fsp3) is 0.333. The monoisotopic (exact) mass is 151 g/mol. The summed E-state index contributed by atoms with van der Waals surface area (Å²) in [5.41, 5.74) is 1.03. The maximum absolute atomic E-state index is 9.20. The highest BCUT2D eigenvalue weighted by atomic mass is 16.3. The van der Waals surface area contributed by atoms with E-state index in [0.717, 1.165) is 5.69 Å². The fourth-order valence-electron chi connectivity index (χ4n) is 0.879. The molecule has 1 N–H and O–H groups in total. The Morgan fingerprint density at radius 3 is 2.27 bits per heavy atom. The van der Waals surface area contributed by atoms with E-state index < -0.39 is 6.23 Å². The van der Waals surface area contributed by atoms with E-state index in [4.69, 9.17) is 0 Å². The minimum atomic E-state index is -0.433. The van der Waals surface area contributed by atoms with Crippen molar-refractivity contribution in [3.8, 4) is 0 Å². The zero-order chi connectivity index (χ0) is 8.27. The van der Waals surface area contributed by atoms with Crippen molar-refractivity contribution in [2.24, 2.45) is 0 Å². The molecule has 2 heteroatoms. The Morgan fingerprint density at radius 1 is 1.27 bits per heavy atom. The number of anilines is 1. The number of hydrogen-bond acceptors (Lipinski definition) is 2. The average Bonchev–Trinajstić information content (AvgIpc) is 2.05. The summed E-state index contributed by atoms with van der Waals surface area (Å²) in [5.74, 6) is 0. The van der Waals surface area contributed by atoms with Crippen LogP contribution in [0.2, 0.25) is 0 Å². The summed E-state index contributed by atoms with van der Waals surface area (Å²) >= 11 is 0.